The molecule has 4 aromatic rings. The first kappa shape index (κ1) is 29.0. The number of aromatic amines is 1. The molecule has 5 rings (SSSR count). The highest BCUT2D eigenvalue weighted by Gasteiger charge is 2.33. The van der Waals surface area contributed by atoms with E-state index < -0.39 is 18.1 Å². The van der Waals surface area contributed by atoms with Crippen LogP contribution in [0.1, 0.15) is 46.6 Å². The molecule has 1 aromatic heterocycles. The lowest BCUT2D eigenvalue weighted by Crippen LogP contribution is -2.48. The Bertz CT molecular complexity index is 1410. The molecule has 0 bridgehead atoms. The number of morpholine rings is 1. The van der Waals surface area contributed by atoms with E-state index in [1.54, 1.807) is 0 Å². The van der Waals surface area contributed by atoms with Gasteiger partial charge in [-0.15, -0.1) is 0 Å². The molecule has 1 fully saturated rings. The lowest BCUT2D eigenvalue weighted by Gasteiger charge is -2.30. The molecule has 0 saturated carbocycles. The van der Waals surface area contributed by atoms with Gasteiger partial charge in [-0.25, -0.2) is 9.78 Å². The van der Waals surface area contributed by atoms with Crippen molar-refractivity contribution in [2.75, 3.05) is 25.6 Å². The maximum Gasteiger partial charge on any atom is 0.407 e. The van der Waals surface area contributed by atoms with Crippen LogP contribution in [0.2, 0.25) is 0 Å². The van der Waals surface area contributed by atoms with Gasteiger partial charge in [0.1, 0.15) is 11.9 Å². The van der Waals surface area contributed by atoms with Gasteiger partial charge in [0.15, 0.2) is 0 Å². The van der Waals surface area contributed by atoms with Gasteiger partial charge in [0, 0.05) is 30.0 Å². The van der Waals surface area contributed by atoms with Crippen LogP contribution in [0.4, 0.5) is 10.5 Å². The van der Waals surface area contributed by atoms with E-state index in [0.29, 0.717) is 25.3 Å². The number of H-pyrrole nitrogens is 1. The summed E-state index contributed by atoms with van der Waals surface area (Å²) in [6.07, 6.45) is 2.68. The van der Waals surface area contributed by atoms with E-state index in [0.717, 1.165) is 34.6 Å². The molecule has 2 amide bonds. The number of amides is 2. The predicted molar refractivity (Wildman–Crippen MR) is 161 cm³/mol. The number of hydrogen-bond donors (Lipinski definition) is 4. The van der Waals surface area contributed by atoms with Gasteiger partial charge < -0.3 is 30.4 Å². The lowest BCUT2D eigenvalue weighted by atomic mass is 9.84. The summed E-state index contributed by atoms with van der Waals surface area (Å²) >= 11 is 0. The predicted octanol–water partition coefficient (Wildman–Crippen LogP) is 4.88. The lowest BCUT2D eigenvalue weighted by molar-refractivity contribution is -0.118. The third kappa shape index (κ3) is 7.23. The summed E-state index contributed by atoms with van der Waals surface area (Å²) in [4.78, 5) is 34.1. The number of rotatable bonds is 10. The summed E-state index contributed by atoms with van der Waals surface area (Å²) in [6.45, 7) is 3.23. The van der Waals surface area contributed by atoms with Crippen LogP contribution in [0, 0.1) is 6.92 Å². The number of nitrogens with one attached hydrogen (secondary N) is 4. The molecule has 42 heavy (non-hydrogen) atoms. The van der Waals surface area contributed by atoms with Gasteiger partial charge in [-0.3, -0.25) is 4.79 Å². The van der Waals surface area contributed by atoms with Crippen molar-refractivity contribution in [2.45, 2.75) is 43.9 Å². The first-order chi connectivity index (χ1) is 20.5. The number of benzene rings is 3. The average Bonchev–Trinajstić information content (AvgIpc) is 3.47. The fourth-order valence-corrected chi connectivity index (χ4v) is 5.37. The highest BCUT2D eigenvalue weighted by molar-refractivity contribution is 5.98. The van der Waals surface area contributed by atoms with Crippen LogP contribution in [0.3, 0.4) is 0 Å². The minimum atomic E-state index is -0.927. The number of carbonyl (C=O) groups excluding carboxylic acids is 2. The second kappa shape index (κ2) is 13.9. The molecule has 0 aliphatic carbocycles. The Morgan fingerprint density at radius 2 is 1.67 bits per heavy atom. The Kier molecular flexibility index (Phi) is 9.63. The van der Waals surface area contributed by atoms with Gasteiger partial charge >= 0.3 is 6.09 Å². The molecule has 9 nitrogen and oxygen atoms in total. The highest BCUT2D eigenvalue weighted by atomic mass is 16.5. The number of alkyl carbamates (subject to hydrolysis) is 1. The smallest absolute Gasteiger partial charge is 0.407 e. The van der Waals surface area contributed by atoms with Crippen LogP contribution in [-0.2, 0) is 20.7 Å². The highest BCUT2D eigenvalue weighted by Crippen LogP contribution is 2.30. The molecular formula is C33H37N5O4. The number of nitrogens with zero attached hydrogens (tertiary/aromatic N) is 1. The largest absolute Gasteiger partial charge is 0.453 e. The van der Waals surface area contributed by atoms with Crippen LogP contribution >= 0.6 is 0 Å². The first-order valence-corrected chi connectivity index (χ1v) is 14.2. The van der Waals surface area contributed by atoms with Crippen LogP contribution < -0.4 is 16.0 Å². The number of aryl methyl sites for hydroxylation is 2. The molecule has 218 valence electrons. The Morgan fingerprint density at radius 1 is 1.00 bits per heavy atom. The number of ether oxygens (including phenoxy) is 2. The third-order valence-electron chi connectivity index (χ3n) is 7.55. The van der Waals surface area contributed by atoms with Gasteiger partial charge in [-0.05, 0) is 42.5 Å². The minimum Gasteiger partial charge on any atom is -0.453 e. The summed E-state index contributed by atoms with van der Waals surface area (Å²) in [7, 11) is 1.29. The minimum absolute atomic E-state index is 0.0374. The molecular weight excluding hydrogens is 530 g/mol. The number of hydrogen-bond acceptors (Lipinski definition) is 6. The quantitative estimate of drug-likeness (QED) is 0.217. The molecule has 0 radical (unpaired) electrons. The SMILES string of the molecule is COC(=O)N[C@H](C(=O)Nc1ccccc1CC[C@@H]1CN[C@H](c2ncc(C)[nH]2)CO1)C(c1ccccc1)c1ccccc1. The molecule has 2 heterocycles. The van der Waals surface area contributed by atoms with E-state index >= 15 is 0 Å². The van der Waals surface area contributed by atoms with Gasteiger partial charge in [0.2, 0.25) is 5.91 Å². The van der Waals surface area contributed by atoms with Crippen LogP contribution in [-0.4, -0.2) is 54.4 Å². The van der Waals surface area contributed by atoms with Crippen molar-refractivity contribution in [3.05, 3.63) is 119 Å². The van der Waals surface area contributed by atoms with E-state index in [4.69, 9.17) is 9.47 Å². The Labute approximate surface area is 246 Å². The van der Waals surface area contributed by atoms with Crippen molar-refractivity contribution in [2.24, 2.45) is 0 Å². The van der Waals surface area contributed by atoms with Crippen LogP contribution in [0.5, 0.6) is 0 Å². The fourth-order valence-electron chi connectivity index (χ4n) is 5.37. The van der Waals surface area contributed by atoms with E-state index in [2.05, 4.69) is 25.9 Å². The van der Waals surface area contributed by atoms with E-state index in [1.165, 1.54) is 7.11 Å². The number of carbonyl (C=O) groups is 2. The van der Waals surface area contributed by atoms with Gasteiger partial charge in [0.05, 0.1) is 25.9 Å². The number of aromatic nitrogens is 2. The summed E-state index contributed by atoms with van der Waals surface area (Å²) in [5, 5.41) is 9.42. The molecule has 9 heteroatoms. The normalized spacial score (nSPS) is 17.4. The zero-order valence-corrected chi connectivity index (χ0v) is 23.9. The van der Waals surface area contributed by atoms with Gasteiger partial charge in [0.25, 0.3) is 0 Å². The molecule has 1 saturated heterocycles. The van der Waals surface area contributed by atoms with Crippen LogP contribution in [0.15, 0.2) is 91.1 Å². The topological polar surface area (TPSA) is 117 Å². The molecule has 0 spiro atoms. The maximum absolute atomic E-state index is 14.0. The number of imidazole rings is 1. The molecule has 1 aliphatic heterocycles. The Hall–Kier alpha value is -4.47. The van der Waals surface area contributed by atoms with E-state index in [-0.39, 0.29) is 18.1 Å². The zero-order chi connectivity index (χ0) is 29.3. The summed E-state index contributed by atoms with van der Waals surface area (Å²) in [6, 6.07) is 26.2. The van der Waals surface area contributed by atoms with Gasteiger partial charge in [-0.1, -0.05) is 78.9 Å². The van der Waals surface area contributed by atoms with Crippen molar-refractivity contribution in [1.82, 2.24) is 20.6 Å². The molecule has 4 N–H and O–H groups in total. The Morgan fingerprint density at radius 3 is 2.26 bits per heavy atom. The second-order valence-electron chi connectivity index (χ2n) is 10.5. The van der Waals surface area contributed by atoms with Crippen molar-refractivity contribution in [3.63, 3.8) is 0 Å². The zero-order valence-electron chi connectivity index (χ0n) is 23.9. The average molecular weight is 568 g/mol. The van der Waals surface area contributed by atoms with Crippen molar-refractivity contribution < 1.29 is 19.1 Å². The summed E-state index contributed by atoms with van der Waals surface area (Å²) in [5.41, 5.74) is 4.52. The standard InChI is InChI=1S/C33H37N5O4/c1-22-19-35-31(36-22)28-21-42-26(20-34-28)18-17-23-11-9-10-16-27(23)37-32(39)30(38-33(40)41-2)29(24-12-5-3-6-13-24)25-14-7-4-8-15-25/h3-16,19,26,28-30,34H,17-18,20-21H2,1-2H3,(H,35,36)(H,37,39)(H,38,40)/t26-,28+,30+/m1/s1. The fraction of sp³-hybridized carbons (Fsp3) is 0.303. The summed E-state index contributed by atoms with van der Waals surface area (Å²) < 4.78 is 11.1. The number of methoxy groups -OCH3 is 1. The Balaban J connectivity index is 1.30. The molecule has 1 aliphatic rings. The molecule has 3 atom stereocenters. The third-order valence-corrected chi connectivity index (χ3v) is 7.55. The summed E-state index contributed by atoms with van der Waals surface area (Å²) in [5.74, 6) is 0.113. The second-order valence-corrected chi connectivity index (χ2v) is 10.5. The molecule has 0 unspecified atom stereocenters. The maximum atomic E-state index is 14.0. The van der Waals surface area contributed by atoms with Crippen molar-refractivity contribution in [1.29, 1.82) is 0 Å². The van der Waals surface area contributed by atoms with Crippen LogP contribution in [0.25, 0.3) is 0 Å². The van der Waals surface area contributed by atoms with E-state index in [9.17, 15) is 9.59 Å². The first-order valence-electron chi connectivity index (χ1n) is 14.2. The van der Waals surface area contributed by atoms with E-state index in [1.807, 2.05) is 98.0 Å². The monoisotopic (exact) mass is 567 g/mol. The number of anilines is 1. The van der Waals surface area contributed by atoms with Crippen molar-refractivity contribution in [3.8, 4) is 0 Å². The molecule has 3 aromatic carbocycles. The number of para-hydroxylation sites is 1. The van der Waals surface area contributed by atoms with Gasteiger partial charge in [-0.2, -0.15) is 0 Å². The van der Waals surface area contributed by atoms with Crippen molar-refractivity contribution >= 4 is 17.7 Å².